The highest BCUT2D eigenvalue weighted by Crippen LogP contribution is 2.31. The monoisotopic (exact) mass is 402 g/mol. The molecule has 6 nitrogen and oxygen atoms in total. The molecule has 0 unspecified atom stereocenters. The summed E-state index contributed by atoms with van der Waals surface area (Å²) in [5.74, 6) is 0.336. The molecule has 1 aromatic heterocycles. The summed E-state index contributed by atoms with van der Waals surface area (Å²) >= 11 is 0. The summed E-state index contributed by atoms with van der Waals surface area (Å²) in [4.78, 5) is 24.8. The van der Waals surface area contributed by atoms with Gasteiger partial charge in [-0.05, 0) is 35.0 Å². The summed E-state index contributed by atoms with van der Waals surface area (Å²) in [5, 5.41) is 2.97. The number of ketones is 1. The molecule has 0 spiro atoms. The van der Waals surface area contributed by atoms with Crippen LogP contribution in [-0.4, -0.2) is 31.6 Å². The summed E-state index contributed by atoms with van der Waals surface area (Å²) in [6.07, 6.45) is 1.59. The molecule has 2 heterocycles. The first-order valence-corrected chi connectivity index (χ1v) is 9.65. The van der Waals surface area contributed by atoms with E-state index >= 15 is 0 Å². The first-order valence-electron chi connectivity index (χ1n) is 9.65. The molecule has 0 amide bonds. The number of fused-ring (bicyclic) bond motifs is 4. The number of hydrogen-bond donors (Lipinski definition) is 0. The number of benzene rings is 3. The van der Waals surface area contributed by atoms with Gasteiger partial charge in [0, 0.05) is 16.5 Å². The van der Waals surface area contributed by atoms with Gasteiger partial charge >= 0.3 is 5.97 Å². The van der Waals surface area contributed by atoms with E-state index in [-0.39, 0.29) is 18.8 Å². The van der Waals surface area contributed by atoms with Gasteiger partial charge in [-0.1, -0.05) is 30.3 Å². The van der Waals surface area contributed by atoms with E-state index in [2.05, 4.69) is 0 Å². The molecular formula is C24H18O6. The highest BCUT2D eigenvalue weighted by molar-refractivity contribution is 6.08. The first-order chi connectivity index (χ1) is 14.7. The fraction of sp³-hybridized carbons (Fsp3) is 0.167. The van der Waals surface area contributed by atoms with E-state index in [0.717, 1.165) is 21.7 Å². The van der Waals surface area contributed by atoms with E-state index in [1.807, 2.05) is 36.4 Å². The van der Waals surface area contributed by atoms with Crippen LogP contribution in [-0.2, 0) is 16.0 Å². The molecule has 6 heteroatoms. The van der Waals surface area contributed by atoms with Crippen LogP contribution in [0.3, 0.4) is 0 Å². The number of rotatable bonds is 5. The Labute approximate surface area is 171 Å². The fourth-order valence-corrected chi connectivity index (χ4v) is 3.66. The Morgan fingerprint density at radius 1 is 0.933 bits per heavy atom. The van der Waals surface area contributed by atoms with Crippen molar-refractivity contribution in [2.45, 2.75) is 6.42 Å². The minimum absolute atomic E-state index is 0.0232. The highest BCUT2D eigenvalue weighted by Gasteiger charge is 2.18. The molecule has 1 aliphatic heterocycles. The SMILES string of the molecule is O=C(Cc1coc2ccc3ccccc3c12)OCC(=O)c1ccc2c(c1)OCCO2. The van der Waals surface area contributed by atoms with Crippen LogP contribution >= 0.6 is 0 Å². The minimum Gasteiger partial charge on any atom is -0.486 e. The van der Waals surface area contributed by atoms with Crippen molar-refractivity contribution < 1.29 is 28.2 Å². The normalized spacial score (nSPS) is 12.8. The Hall–Kier alpha value is -3.80. The number of furan rings is 1. The van der Waals surface area contributed by atoms with Gasteiger partial charge < -0.3 is 18.6 Å². The maximum Gasteiger partial charge on any atom is 0.310 e. The van der Waals surface area contributed by atoms with Crippen LogP contribution in [0, 0.1) is 0 Å². The van der Waals surface area contributed by atoms with Crippen molar-refractivity contribution >= 4 is 33.5 Å². The average Bonchev–Trinajstić information content (AvgIpc) is 3.20. The summed E-state index contributed by atoms with van der Waals surface area (Å²) < 4.78 is 21.8. The molecule has 4 aromatic rings. The lowest BCUT2D eigenvalue weighted by Crippen LogP contribution is -2.18. The second-order valence-electron chi connectivity index (χ2n) is 7.04. The van der Waals surface area contributed by atoms with Crippen molar-refractivity contribution in [1.82, 2.24) is 0 Å². The zero-order chi connectivity index (χ0) is 20.5. The molecule has 0 saturated carbocycles. The Bertz CT molecular complexity index is 1270. The van der Waals surface area contributed by atoms with Crippen LogP contribution in [0.5, 0.6) is 11.5 Å². The fourth-order valence-electron chi connectivity index (χ4n) is 3.66. The summed E-state index contributed by atoms with van der Waals surface area (Å²) in [7, 11) is 0. The van der Waals surface area contributed by atoms with E-state index in [0.29, 0.717) is 35.9 Å². The maximum absolute atomic E-state index is 12.4. The van der Waals surface area contributed by atoms with Gasteiger partial charge in [-0.3, -0.25) is 9.59 Å². The summed E-state index contributed by atoms with van der Waals surface area (Å²) in [6.45, 7) is 0.581. The molecule has 0 fully saturated rings. The topological polar surface area (TPSA) is 75.0 Å². The van der Waals surface area contributed by atoms with Gasteiger partial charge in [0.2, 0.25) is 0 Å². The lowest BCUT2D eigenvalue weighted by Gasteiger charge is -2.18. The van der Waals surface area contributed by atoms with Crippen molar-refractivity contribution in [3.05, 3.63) is 72.0 Å². The molecule has 0 aliphatic carbocycles. The predicted octanol–water partition coefficient (Wildman–Crippen LogP) is 4.33. The quantitative estimate of drug-likeness (QED) is 0.365. The molecule has 1 aliphatic rings. The largest absolute Gasteiger partial charge is 0.486 e. The molecule has 150 valence electrons. The van der Waals surface area contributed by atoms with Gasteiger partial charge in [0.1, 0.15) is 18.8 Å². The van der Waals surface area contributed by atoms with Crippen molar-refractivity contribution in [3.63, 3.8) is 0 Å². The van der Waals surface area contributed by atoms with Crippen LogP contribution in [0.25, 0.3) is 21.7 Å². The van der Waals surface area contributed by atoms with E-state index in [4.69, 9.17) is 18.6 Å². The molecule has 5 rings (SSSR count). The molecule has 30 heavy (non-hydrogen) atoms. The number of carbonyl (C=O) groups excluding carboxylic acids is 2. The minimum atomic E-state index is -0.489. The zero-order valence-electron chi connectivity index (χ0n) is 16.1. The second kappa shape index (κ2) is 7.55. The smallest absolute Gasteiger partial charge is 0.310 e. The molecular weight excluding hydrogens is 384 g/mol. The molecule has 0 N–H and O–H groups in total. The summed E-state index contributed by atoms with van der Waals surface area (Å²) in [6, 6.07) is 16.7. The Balaban J connectivity index is 1.29. The van der Waals surface area contributed by atoms with E-state index in [1.54, 1.807) is 24.5 Å². The van der Waals surface area contributed by atoms with E-state index in [1.165, 1.54) is 0 Å². The molecule has 0 radical (unpaired) electrons. The number of Topliss-reactive ketones (excluding diaryl/α,β-unsaturated/α-hetero) is 1. The van der Waals surface area contributed by atoms with Crippen molar-refractivity contribution in [3.8, 4) is 11.5 Å². The Morgan fingerprint density at radius 3 is 2.67 bits per heavy atom. The Kier molecular flexibility index (Phi) is 4.59. The average molecular weight is 402 g/mol. The van der Waals surface area contributed by atoms with Crippen LogP contribution < -0.4 is 9.47 Å². The van der Waals surface area contributed by atoms with Gasteiger partial charge in [-0.15, -0.1) is 0 Å². The summed E-state index contributed by atoms with van der Waals surface area (Å²) in [5.41, 5.74) is 1.86. The second-order valence-corrected chi connectivity index (χ2v) is 7.04. The predicted molar refractivity (Wildman–Crippen MR) is 110 cm³/mol. The standard InChI is InChI=1S/C24H18O6/c25-19(16-6-7-20-22(11-16)28-10-9-27-20)14-30-23(26)12-17-13-29-21-8-5-15-3-1-2-4-18(15)24(17)21/h1-8,11,13H,9-10,12,14H2. The van der Waals surface area contributed by atoms with E-state index < -0.39 is 5.97 Å². The lowest BCUT2D eigenvalue weighted by atomic mass is 10.0. The number of carbonyl (C=O) groups is 2. The third kappa shape index (κ3) is 3.37. The van der Waals surface area contributed by atoms with Gasteiger partial charge in [0.15, 0.2) is 23.9 Å². The molecule has 0 bridgehead atoms. The van der Waals surface area contributed by atoms with Crippen molar-refractivity contribution in [2.75, 3.05) is 19.8 Å². The lowest BCUT2D eigenvalue weighted by molar-refractivity contribution is -0.141. The number of hydrogen-bond acceptors (Lipinski definition) is 6. The molecule has 0 atom stereocenters. The highest BCUT2D eigenvalue weighted by atomic mass is 16.6. The van der Waals surface area contributed by atoms with E-state index in [9.17, 15) is 9.59 Å². The zero-order valence-corrected chi connectivity index (χ0v) is 16.1. The van der Waals surface area contributed by atoms with Crippen LogP contribution in [0.15, 0.2) is 65.3 Å². The molecule has 3 aromatic carbocycles. The molecule has 0 saturated heterocycles. The van der Waals surface area contributed by atoms with Crippen molar-refractivity contribution in [1.29, 1.82) is 0 Å². The Morgan fingerprint density at radius 2 is 1.77 bits per heavy atom. The number of esters is 1. The van der Waals surface area contributed by atoms with Gasteiger partial charge in [0.25, 0.3) is 0 Å². The van der Waals surface area contributed by atoms with Crippen LogP contribution in [0.4, 0.5) is 0 Å². The first kappa shape index (κ1) is 18.2. The van der Waals surface area contributed by atoms with Crippen molar-refractivity contribution in [2.24, 2.45) is 0 Å². The van der Waals surface area contributed by atoms with Crippen LogP contribution in [0.1, 0.15) is 15.9 Å². The van der Waals surface area contributed by atoms with Gasteiger partial charge in [0.05, 0.1) is 12.7 Å². The maximum atomic E-state index is 12.4. The third-order valence-corrected chi connectivity index (χ3v) is 5.10. The van der Waals surface area contributed by atoms with Gasteiger partial charge in [-0.25, -0.2) is 0 Å². The van der Waals surface area contributed by atoms with Gasteiger partial charge in [-0.2, -0.15) is 0 Å². The number of ether oxygens (including phenoxy) is 3. The van der Waals surface area contributed by atoms with Crippen LogP contribution in [0.2, 0.25) is 0 Å². The third-order valence-electron chi connectivity index (χ3n) is 5.10.